The summed E-state index contributed by atoms with van der Waals surface area (Å²) in [4.78, 5) is 10.5. The Hall–Kier alpha value is -3.07. The monoisotopic (exact) mass is 371 g/mol. The molecule has 134 valence electrons. The van der Waals surface area contributed by atoms with E-state index in [-0.39, 0.29) is 11.1 Å². The summed E-state index contributed by atoms with van der Waals surface area (Å²) in [5.74, 6) is 1.71. The van der Waals surface area contributed by atoms with Crippen LogP contribution in [0.1, 0.15) is 32.4 Å². The summed E-state index contributed by atoms with van der Waals surface area (Å²) >= 11 is 5.21. The maximum atomic E-state index is 10.9. The Kier molecular flexibility index (Phi) is 4.56. The molecule has 2 aromatic heterocycles. The summed E-state index contributed by atoms with van der Waals surface area (Å²) in [6.45, 7) is 6.03. The molecule has 0 fully saturated rings. The van der Waals surface area contributed by atoms with Crippen molar-refractivity contribution in [2.45, 2.75) is 26.2 Å². The van der Waals surface area contributed by atoms with E-state index in [1.807, 2.05) is 20.8 Å². The maximum Gasteiger partial charge on any atom is 0.270 e. The minimum absolute atomic E-state index is 0.00800. The molecule has 2 heterocycles. The Morgan fingerprint density at radius 2 is 2.12 bits per heavy atom. The van der Waals surface area contributed by atoms with Crippen LogP contribution >= 0.6 is 12.2 Å². The Morgan fingerprint density at radius 3 is 2.81 bits per heavy atom. The minimum Gasteiger partial charge on any atom is -0.455 e. The molecule has 0 bridgehead atoms. The highest BCUT2D eigenvalue weighted by Gasteiger charge is 2.21. The number of aromatic nitrogens is 3. The van der Waals surface area contributed by atoms with Gasteiger partial charge in [0, 0.05) is 23.1 Å². The lowest BCUT2D eigenvalue weighted by Crippen LogP contribution is -2.17. The van der Waals surface area contributed by atoms with Crippen LogP contribution in [-0.2, 0) is 5.41 Å². The highest BCUT2D eigenvalue weighted by atomic mass is 32.1. The number of non-ortho nitro benzene ring substituents is 1. The lowest BCUT2D eigenvalue weighted by molar-refractivity contribution is -0.384. The first-order chi connectivity index (χ1) is 12.3. The molecule has 9 heteroatoms. The van der Waals surface area contributed by atoms with Crippen LogP contribution in [0.5, 0.6) is 0 Å². The first-order valence-corrected chi connectivity index (χ1v) is 8.23. The zero-order chi connectivity index (χ0) is 18.9. The number of furan rings is 1. The molecule has 1 N–H and O–H groups in total. The van der Waals surface area contributed by atoms with Crippen LogP contribution in [0.15, 0.2) is 45.9 Å². The number of rotatable bonds is 4. The van der Waals surface area contributed by atoms with E-state index >= 15 is 0 Å². The summed E-state index contributed by atoms with van der Waals surface area (Å²) in [5, 5.41) is 22.2. The zero-order valence-electron chi connectivity index (χ0n) is 14.5. The van der Waals surface area contributed by atoms with Crippen LogP contribution in [0.25, 0.3) is 11.3 Å². The van der Waals surface area contributed by atoms with Gasteiger partial charge in [0.25, 0.3) is 5.69 Å². The van der Waals surface area contributed by atoms with Crippen LogP contribution in [0.3, 0.4) is 0 Å². The fraction of sp³-hybridized carbons (Fsp3) is 0.235. The average Bonchev–Trinajstić information content (AvgIpc) is 3.19. The van der Waals surface area contributed by atoms with Gasteiger partial charge in [0.05, 0.1) is 11.1 Å². The van der Waals surface area contributed by atoms with Crippen molar-refractivity contribution < 1.29 is 9.34 Å². The second-order valence-electron chi connectivity index (χ2n) is 6.67. The molecule has 0 aliphatic rings. The quantitative estimate of drug-likeness (QED) is 0.319. The predicted molar refractivity (Wildman–Crippen MR) is 99.9 cm³/mol. The molecule has 0 atom stereocenters. The van der Waals surface area contributed by atoms with E-state index in [1.165, 1.54) is 18.3 Å². The van der Waals surface area contributed by atoms with Crippen molar-refractivity contribution in [3.63, 3.8) is 0 Å². The molecule has 0 spiro atoms. The van der Waals surface area contributed by atoms with Gasteiger partial charge >= 0.3 is 0 Å². The summed E-state index contributed by atoms with van der Waals surface area (Å²) in [5.41, 5.74) is 0.394. The van der Waals surface area contributed by atoms with Crippen molar-refractivity contribution in [1.29, 1.82) is 0 Å². The van der Waals surface area contributed by atoms with E-state index in [0.717, 1.165) is 0 Å². The van der Waals surface area contributed by atoms with E-state index in [4.69, 9.17) is 16.6 Å². The number of nitrogens with one attached hydrogen (secondary N) is 1. The Balaban J connectivity index is 1.89. The van der Waals surface area contributed by atoms with E-state index in [9.17, 15) is 10.1 Å². The van der Waals surface area contributed by atoms with Crippen molar-refractivity contribution in [2.75, 3.05) is 0 Å². The van der Waals surface area contributed by atoms with Gasteiger partial charge in [-0.2, -0.15) is 14.9 Å². The highest BCUT2D eigenvalue weighted by molar-refractivity contribution is 7.71. The molecule has 3 aromatic rings. The van der Waals surface area contributed by atoms with Crippen LogP contribution in [-0.4, -0.2) is 26.0 Å². The lowest BCUT2D eigenvalue weighted by Gasteiger charge is -2.15. The zero-order valence-corrected chi connectivity index (χ0v) is 15.3. The molecule has 0 radical (unpaired) electrons. The summed E-state index contributed by atoms with van der Waals surface area (Å²) in [6, 6.07) is 9.73. The molecule has 1 aromatic carbocycles. The van der Waals surface area contributed by atoms with Gasteiger partial charge in [-0.1, -0.05) is 32.9 Å². The molecule has 0 saturated heterocycles. The molecule has 8 nitrogen and oxygen atoms in total. The Labute approximate surface area is 154 Å². The number of nitrogens with zero attached hydrogens (tertiary/aromatic N) is 4. The smallest absolute Gasteiger partial charge is 0.270 e. The van der Waals surface area contributed by atoms with Crippen molar-refractivity contribution in [2.24, 2.45) is 5.10 Å². The standard InChI is InChI=1S/C17H17N5O3S/c1-17(2,3)15-19-20-16(26)21(15)18-10-13-7-8-14(25-13)11-5-4-6-12(9-11)22(23)24/h4-10H,1-3H3,(H,20,26)/b18-10-. The Morgan fingerprint density at radius 1 is 1.35 bits per heavy atom. The minimum atomic E-state index is -0.441. The maximum absolute atomic E-state index is 10.9. The van der Waals surface area contributed by atoms with Crippen molar-refractivity contribution in [1.82, 2.24) is 14.9 Å². The largest absolute Gasteiger partial charge is 0.455 e. The summed E-state index contributed by atoms with van der Waals surface area (Å²) < 4.78 is 7.65. The van der Waals surface area contributed by atoms with Gasteiger partial charge in [-0.3, -0.25) is 15.2 Å². The second-order valence-corrected chi connectivity index (χ2v) is 7.05. The predicted octanol–water partition coefficient (Wildman–Crippen LogP) is 4.29. The van der Waals surface area contributed by atoms with Gasteiger partial charge < -0.3 is 4.42 Å². The fourth-order valence-electron chi connectivity index (χ4n) is 2.35. The number of nitro benzene ring substituents is 1. The van der Waals surface area contributed by atoms with Gasteiger partial charge in [0.15, 0.2) is 5.82 Å². The number of aromatic amines is 1. The van der Waals surface area contributed by atoms with Gasteiger partial charge in [-0.05, 0) is 24.4 Å². The molecular formula is C17H17N5O3S. The molecule has 0 amide bonds. The number of H-pyrrole nitrogens is 1. The molecule has 0 saturated carbocycles. The normalized spacial score (nSPS) is 12.0. The number of hydrogen-bond acceptors (Lipinski definition) is 6. The average molecular weight is 371 g/mol. The van der Waals surface area contributed by atoms with Gasteiger partial charge in [-0.15, -0.1) is 0 Å². The molecular weight excluding hydrogens is 354 g/mol. The Bertz CT molecular complexity index is 1040. The van der Waals surface area contributed by atoms with Gasteiger partial charge in [0.1, 0.15) is 11.5 Å². The molecule has 0 aliphatic heterocycles. The molecule has 0 unspecified atom stereocenters. The summed E-state index contributed by atoms with van der Waals surface area (Å²) in [6.07, 6.45) is 1.53. The SMILES string of the molecule is CC(C)(C)c1n[nH]c(=S)n1/N=C\c1ccc(-c2cccc([N+](=O)[O-])c2)o1. The van der Waals surface area contributed by atoms with Crippen LogP contribution < -0.4 is 0 Å². The van der Waals surface area contributed by atoms with Crippen molar-refractivity contribution in [3.05, 3.63) is 62.9 Å². The lowest BCUT2D eigenvalue weighted by atomic mass is 9.96. The van der Waals surface area contributed by atoms with E-state index in [0.29, 0.717) is 27.7 Å². The van der Waals surface area contributed by atoms with E-state index in [1.54, 1.807) is 28.9 Å². The van der Waals surface area contributed by atoms with Crippen LogP contribution in [0.4, 0.5) is 5.69 Å². The third-order valence-electron chi connectivity index (χ3n) is 3.59. The van der Waals surface area contributed by atoms with Crippen LogP contribution in [0.2, 0.25) is 0 Å². The number of hydrogen-bond donors (Lipinski definition) is 1. The first kappa shape index (κ1) is 17.7. The third kappa shape index (κ3) is 3.62. The van der Waals surface area contributed by atoms with Crippen molar-refractivity contribution >= 4 is 24.1 Å². The number of nitro groups is 1. The third-order valence-corrected chi connectivity index (χ3v) is 3.85. The van der Waals surface area contributed by atoms with Crippen molar-refractivity contribution in [3.8, 4) is 11.3 Å². The van der Waals surface area contributed by atoms with E-state index < -0.39 is 4.92 Å². The topological polar surface area (TPSA) is 102 Å². The summed E-state index contributed by atoms with van der Waals surface area (Å²) in [7, 11) is 0. The van der Waals surface area contributed by atoms with Gasteiger partial charge in [-0.25, -0.2) is 0 Å². The fourth-order valence-corrected chi connectivity index (χ4v) is 2.53. The molecule has 3 rings (SSSR count). The molecule has 26 heavy (non-hydrogen) atoms. The highest BCUT2D eigenvalue weighted by Crippen LogP contribution is 2.25. The van der Waals surface area contributed by atoms with E-state index in [2.05, 4.69) is 15.3 Å². The van der Waals surface area contributed by atoms with Crippen LogP contribution in [0, 0.1) is 14.9 Å². The van der Waals surface area contributed by atoms with Gasteiger partial charge in [0.2, 0.25) is 4.77 Å². The first-order valence-electron chi connectivity index (χ1n) is 7.82. The number of benzene rings is 1. The second kappa shape index (κ2) is 6.68. The molecule has 0 aliphatic carbocycles.